The number of carbonyl (C=O) groups excluding carboxylic acids is 2. The molecule has 166 valence electrons. The summed E-state index contributed by atoms with van der Waals surface area (Å²) < 4.78 is 27.2. The van der Waals surface area contributed by atoms with E-state index in [0.717, 1.165) is 30.5 Å². The number of anilines is 1. The summed E-state index contributed by atoms with van der Waals surface area (Å²) in [5, 5.41) is 2.85. The van der Waals surface area contributed by atoms with Crippen molar-refractivity contribution in [3.05, 3.63) is 59.2 Å². The zero-order chi connectivity index (χ0) is 22.6. The van der Waals surface area contributed by atoms with Crippen molar-refractivity contribution >= 4 is 27.5 Å². The molecule has 7 nitrogen and oxygen atoms in total. The second-order valence-corrected chi connectivity index (χ2v) is 9.75. The molecule has 0 atom stereocenters. The van der Waals surface area contributed by atoms with E-state index in [2.05, 4.69) is 5.32 Å². The fraction of sp³-hybridized carbons (Fsp3) is 0.391. The molecule has 2 amide bonds. The van der Waals surface area contributed by atoms with E-state index < -0.39 is 15.9 Å². The SMILES string of the molecule is CCc1ccccc1NC(=O)CN(C)C(=O)c1cc(S(=O)(=O)N2CCCC2)ccc1C. The smallest absolute Gasteiger partial charge is 0.254 e. The van der Waals surface area contributed by atoms with E-state index in [1.54, 1.807) is 13.0 Å². The van der Waals surface area contributed by atoms with Gasteiger partial charge in [-0.1, -0.05) is 31.2 Å². The van der Waals surface area contributed by atoms with Crippen LogP contribution < -0.4 is 5.32 Å². The number of benzene rings is 2. The number of nitrogens with zero attached hydrogens (tertiary/aromatic N) is 2. The van der Waals surface area contributed by atoms with Gasteiger partial charge in [0.2, 0.25) is 15.9 Å². The van der Waals surface area contributed by atoms with Gasteiger partial charge in [0.05, 0.1) is 11.4 Å². The molecule has 0 saturated carbocycles. The molecule has 1 heterocycles. The number of nitrogens with one attached hydrogen (secondary N) is 1. The molecule has 1 N–H and O–H groups in total. The topological polar surface area (TPSA) is 86.8 Å². The zero-order valence-corrected chi connectivity index (χ0v) is 19.0. The fourth-order valence-corrected chi connectivity index (χ4v) is 5.25. The van der Waals surface area contributed by atoms with Crippen LogP contribution in [-0.2, 0) is 21.2 Å². The van der Waals surface area contributed by atoms with E-state index >= 15 is 0 Å². The third kappa shape index (κ3) is 5.14. The van der Waals surface area contributed by atoms with Crippen molar-refractivity contribution in [1.82, 2.24) is 9.21 Å². The number of para-hydroxylation sites is 1. The van der Waals surface area contributed by atoms with Crippen LogP contribution in [0.2, 0.25) is 0 Å². The number of hydrogen-bond acceptors (Lipinski definition) is 4. The third-order valence-electron chi connectivity index (χ3n) is 5.54. The van der Waals surface area contributed by atoms with E-state index in [4.69, 9.17) is 0 Å². The van der Waals surface area contributed by atoms with Gasteiger partial charge in [0.1, 0.15) is 0 Å². The molecule has 1 fully saturated rings. The standard InChI is InChI=1S/C23H29N3O4S/c1-4-18-9-5-6-10-21(18)24-22(27)16-25(3)23(28)20-15-19(12-11-17(20)2)31(29,30)26-13-7-8-14-26/h5-6,9-12,15H,4,7-8,13-14,16H2,1-3H3,(H,24,27). The van der Waals surface area contributed by atoms with Gasteiger partial charge in [-0.05, 0) is 55.5 Å². The molecule has 2 aromatic carbocycles. The summed E-state index contributed by atoms with van der Waals surface area (Å²) in [5.74, 6) is -0.704. The minimum absolute atomic E-state index is 0.109. The van der Waals surface area contributed by atoms with E-state index in [1.165, 1.54) is 28.4 Å². The van der Waals surface area contributed by atoms with Crippen LogP contribution in [0.1, 0.15) is 41.3 Å². The van der Waals surface area contributed by atoms with E-state index in [0.29, 0.717) is 18.7 Å². The Morgan fingerprint density at radius 3 is 2.45 bits per heavy atom. The van der Waals surface area contributed by atoms with Crippen molar-refractivity contribution in [3.8, 4) is 0 Å². The van der Waals surface area contributed by atoms with Gasteiger partial charge in [0.25, 0.3) is 5.91 Å². The third-order valence-corrected chi connectivity index (χ3v) is 7.44. The van der Waals surface area contributed by atoms with Crippen LogP contribution in [-0.4, -0.2) is 56.1 Å². The Bertz CT molecular complexity index is 1080. The fourth-order valence-electron chi connectivity index (χ4n) is 3.70. The van der Waals surface area contributed by atoms with E-state index in [1.807, 2.05) is 31.2 Å². The Hall–Kier alpha value is -2.71. The predicted octanol–water partition coefficient (Wildman–Crippen LogP) is 3.05. The maximum atomic E-state index is 13.0. The Morgan fingerprint density at radius 1 is 1.10 bits per heavy atom. The number of aryl methyl sites for hydroxylation is 2. The molecule has 0 aromatic heterocycles. The molecule has 2 aromatic rings. The number of carbonyl (C=O) groups is 2. The van der Waals surface area contributed by atoms with Crippen molar-refractivity contribution in [2.45, 2.75) is 38.0 Å². The van der Waals surface area contributed by atoms with Crippen molar-refractivity contribution in [2.24, 2.45) is 0 Å². The summed E-state index contributed by atoms with van der Waals surface area (Å²) in [4.78, 5) is 26.9. The first kappa shape index (κ1) is 23.0. The molecule has 1 aliphatic heterocycles. The Balaban J connectivity index is 1.75. The van der Waals surface area contributed by atoms with Crippen LogP contribution >= 0.6 is 0 Å². The Labute approximate surface area is 184 Å². The van der Waals surface area contributed by atoms with Crippen LogP contribution in [0, 0.1) is 6.92 Å². The van der Waals surface area contributed by atoms with Crippen LogP contribution in [0.3, 0.4) is 0 Å². The first-order chi connectivity index (χ1) is 14.7. The lowest BCUT2D eigenvalue weighted by atomic mass is 10.1. The van der Waals surface area contributed by atoms with Gasteiger partial charge in [-0.25, -0.2) is 8.42 Å². The van der Waals surface area contributed by atoms with E-state index in [9.17, 15) is 18.0 Å². The molecule has 1 saturated heterocycles. The molecule has 0 spiro atoms. The molecule has 1 aliphatic rings. The second-order valence-electron chi connectivity index (χ2n) is 7.81. The molecule has 0 bridgehead atoms. The molecule has 8 heteroatoms. The Kier molecular flexibility index (Phi) is 7.12. The predicted molar refractivity (Wildman–Crippen MR) is 121 cm³/mol. The number of hydrogen-bond donors (Lipinski definition) is 1. The van der Waals surface area contributed by atoms with Crippen LogP contribution in [0.5, 0.6) is 0 Å². The van der Waals surface area contributed by atoms with Crippen LogP contribution in [0.15, 0.2) is 47.4 Å². The molecule has 0 unspecified atom stereocenters. The molecule has 0 radical (unpaired) electrons. The van der Waals surface area contributed by atoms with Crippen molar-refractivity contribution in [2.75, 3.05) is 32.0 Å². The molecule has 0 aliphatic carbocycles. The van der Waals surface area contributed by atoms with Gasteiger partial charge in [0, 0.05) is 31.4 Å². The van der Waals surface area contributed by atoms with Gasteiger partial charge >= 0.3 is 0 Å². The van der Waals surface area contributed by atoms with Crippen molar-refractivity contribution < 1.29 is 18.0 Å². The minimum atomic E-state index is -3.63. The number of sulfonamides is 1. The summed E-state index contributed by atoms with van der Waals surface area (Å²) in [6.45, 7) is 4.62. The van der Waals surface area contributed by atoms with Crippen LogP contribution in [0.25, 0.3) is 0 Å². The summed E-state index contributed by atoms with van der Waals surface area (Å²) in [6.07, 6.45) is 2.47. The normalized spacial score (nSPS) is 14.4. The second kappa shape index (κ2) is 9.62. The monoisotopic (exact) mass is 443 g/mol. The largest absolute Gasteiger partial charge is 0.332 e. The first-order valence-corrected chi connectivity index (χ1v) is 11.9. The van der Waals surface area contributed by atoms with Gasteiger partial charge in [-0.3, -0.25) is 9.59 Å². The number of rotatable bonds is 7. The summed E-state index contributed by atoms with van der Waals surface area (Å²) >= 11 is 0. The van der Waals surface area contributed by atoms with Gasteiger partial charge in [-0.2, -0.15) is 4.31 Å². The molecular weight excluding hydrogens is 414 g/mol. The highest BCUT2D eigenvalue weighted by atomic mass is 32.2. The highest BCUT2D eigenvalue weighted by Gasteiger charge is 2.28. The first-order valence-electron chi connectivity index (χ1n) is 10.5. The van der Waals surface area contributed by atoms with Crippen molar-refractivity contribution in [1.29, 1.82) is 0 Å². The molecular formula is C23H29N3O4S. The van der Waals surface area contributed by atoms with Gasteiger partial charge < -0.3 is 10.2 Å². The number of amides is 2. The van der Waals surface area contributed by atoms with Crippen LogP contribution in [0.4, 0.5) is 5.69 Å². The highest BCUT2D eigenvalue weighted by molar-refractivity contribution is 7.89. The van der Waals surface area contributed by atoms with Gasteiger partial charge in [0.15, 0.2) is 0 Å². The quantitative estimate of drug-likeness (QED) is 0.713. The molecule has 3 rings (SSSR count). The maximum Gasteiger partial charge on any atom is 0.254 e. The number of likely N-dealkylation sites (N-methyl/N-ethyl adjacent to an activating group) is 1. The average molecular weight is 444 g/mol. The average Bonchev–Trinajstić information content (AvgIpc) is 3.29. The summed E-state index contributed by atoms with van der Waals surface area (Å²) in [6, 6.07) is 12.1. The molecule has 31 heavy (non-hydrogen) atoms. The van der Waals surface area contributed by atoms with E-state index in [-0.39, 0.29) is 22.9 Å². The zero-order valence-electron chi connectivity index (χ0n) is 18.2. The minimum Gasteiger partial charge on any atom is -0.332 e. The summed E-state index contributed by atoms with van der Waals surface area (Å²) in [7, 11) is -2.09. The lowest BCUT2D eigenvalue weighted by Gasteiger charge is -2.20. The van der Waals surface area contributed by atoms with Gasteiger partial charge in [-0.15, -0.1) is 0 Å². The lowest BCUT2D eigenvalue weighted by molar-refractivity contribution is -0.116. The van der Waals surface area contributed by atoms with Crippen molar-refractivity contribution in [3.63, 3.8) is 0 Å². The summed E-state index contributed by atoms with van der Waals surface area (Å²) in [5.41, 5.74) is 2.68. The lowest BCUT2D eigenvalue weighted by Crippen LogP contribution is -2.35. The maximum absolute atomic E-state index is 13.0. The Morgan fingerprint density at radius 2 is 1.77 bits per heavy atom. The highest BCUT2D eigenvalue weighted by Crippen LogP contribution is 2.24.